The van der Waals surface area contributed by atoms with Crippen LogP contribution in [0.3, 0.4) is 0 Å². The summed E-state index contributed by atoms with van der Waals surface area (Å²) in [5, 5.41) is 0. The van der Waals surface area contributed by atoms with Crippen molar-refractivity contribution in [2.75, 3.05) is 0 Å². The zero-order valence-electron chi connectivity index (χ0n) is 8.00. The molecule has 0 aliphatic carbocycles. The molecule has 70 valence electrons. The second-order valence-electron chi connectivity index (χ2n) is 4.01. The van der Waals surface area contributed by atoms with Gasteiger partial charge in [0.05, 0.1) is 14.1 Å². The van der Waals surface area contributed by atoms with Crippen molar-refractivity contribution in [3.63, 3.8) is 0 Å². The Hall–Kier alpha value is -0.613. The van der Waals surface area contributed by atoms with Crippen molar-refractivity contribution < 1.29 is 4.79 Å². The van der Waals surface area contributed by atoms with E-state index in [2.05, 4.69) is 25.3 Å². The Kier molecular flexibility index (Phi) is 4.20. The molecular weight excluding hydrogens is 168 g/mol. The van der Waals surface area contributed by atoms with Gasteiger partial charge in [0.25, 0.3) is 0 Å². The fourth-order valence-electron chi connectivity index (χ4n) is 0.684. The highest BCUT2D eigenvalue weighted by Crippen LogP contribution is 2.03. The summed E-state index contributed by atoms with van der Waals surface area (Å²) in [5.74, 6) is -0.435. The second kappa shape index (κ2) is 4.42. The molecule has 0 aromatic rings. The van der Waals surface area contributed by atoms with Gasteiger partial charge >= 0.3 is 0 Å². The third kappa shape index (κ3) is 6.12. The minimum atomic E-state index is -1.15. The van der Waals surface area contributed by atoms with E-state index in [0.717, 1.165) is 0 Å². The first kappa shape index (κ1) is 11.4. The second-order valence-corrected chi connectivity index (χ2v) is 9.08. The highest BCUT2D eigenvalue weighted by molar-refractivity contribution is 6.80. The fraction of sp³-hybridized carbons (Fsp3) is 0.625. The molecule has 0 radical (unpaired) electrons. The van der Waals surface area contributed by atoms with Crippen LogP contribution in [0.4, 0.5) is 0 Å². The van der Waals surface area contributed by atoms with Crippen molar-refractivity contribution in [3.05, 3.63) is 11.8 Å². The number of carbonyl (C=O) groups excluding carboxylic acids is 1. The van der Waals surface area contributed by atoms with Gasteiger partial charge < -0.3 is 11.5 Å². The number of nitrogens with two attached hydrogens (primary N) is 2. The first-order valence-corrected chi connectivity index (χ1v) is 7.63. The molecule has 0 aliphatic heterocycles. The number of amides is 1. The van der Waals surface area contributed by atoms with Crippen molar-refractivity contribution in [3.8, 4) is 0 Å². The predicted molar refractivity (Wildman–Crippen MR) is 54.3 cm³/mol. The summed E-state index contributed by atoms with van der Waals surface area (Å²) < 4.78 is 0. The third-order valence-electron chi connectivity index (χ3n) is 1.37. The fourth-order valence-corrected chi connectivity index (χ4v) is 1.53. The molecule has 4 N–H and O–H groups in total. The predicted octanol–water partition coefficient (Wildman–Crippen LogP) is 0.623. The van der Waals surface area contributed by atoms with E-state index in [1.807, 2.05) is 6.08 Å². The van der Waals surface area contributed by atoms with Crippen LogP contribution in [0.5, 0.6) is 0 Å². The lowest BCUT2D eigenvalue weighted by atomic mass is 10.2. The highest BCUT2D eigenvalue weighted by Gasteiger charge is 2.09. The van der Waals surface area contributed by atoms with Crippen LogP contribution in [-0.2, 0) is 4.79 Å². The molecule has 0 rings (SSSR count). The number of rotatable bonds is 4. The largest absolute Gasteiger partial charge is 0.368 e. The first-order valence-electron chi connectivity index (χ1n) is 4.05. The van der Waals surface area contributed by atoms with Gasteiger partial charge in [-0.25, -0.2) is 0 Å². The van der Waals surface area contributed by atoms with Crippen molar-refractivity contribution in [1.29, 1.82) is 0 Å². The summed E-state index contributed by atoms with van der Waals surface area (Å²) >= 11 is 0. The van der Waals surface area contributed by atoms with E-state index in [1.54, 1.807) is 0 Å². The van der Waals surface area contributed by atoms with Crippen molar-refractivity contribution in [2.45, 2.75) is 32.1 Å². The van der Waals surface area contributed by atoms with Gasteiger partial charge in [0.1, 0.15) is 0 Å². The van der Waals surface area contributed by atoms with Crippen LogP contribution in [0, 0.1) is 0 Å². The Balaban J connectivity index is 3.83. The average Bonchev–Trinajstić information content (AvgIpc) is 1.84. The van der Waals surface area contributed by atoms with Crippen molar-refractivity contribution in [2.24, 2.45) is 11.5 Å². The molecule has 3 nitrogen and oxygen atoms in total. The number of hydrogen-bond donors (Lipinski definition) is 2. The number of primary amides is 1. The minimum Gasteiger partial charge on any atom is -0.368 e. The molecule has 0 aromatic carbocycles. The Bertz CT molecular complexity index is 184. The van der Waals surface area contributed by atoms with Crippen molar-refractivity contribution in [1.82, 2.24) is 0 Å². The molecule has 0 saturated carbocycles. The Morgan fingerprint density at radius 3 is 2.33 bits per heavy atom. The first-order chi connectivity index (χ1) is 5.33. The molecule has 0 saturated heterocycles. The highest BCUT2D eigenvalue weighted by atomic mass is 28.3. The van der Waals surface area contributed by atoms with E-state index >= 15 is 0 Å². The van der Waals surface area contributed by atoms with Gasteiger partial charge in [0, 0.05) is 0 Å². The average molecular weight is 186 g/mol. The van der Waals surface area contributed by atoms with Crippen molar-refractivity contribution >= 4 is 14.0 Å². The van der Waals surface area contributed by atoms with Gasteiger partial charge in [-0.05, 0) is 6.42 Å². The SMILES string of the molecule is C[Si](C)(C)/C=C\C[C@H](N)C(N)=O. The van der Waals surface area contributed by atoms with Gasteiger partial charge in [-0.3, -0.25) is 4.79 Å². The number of hydrogen-bond acceptors (Lipinski definition) is 2. The zero-order chi connectivity index (χ0) is 9.78. The molecule has 0 bridgehead atoms. The standard InChI is InChI=1S/C8H18N2OSi/c1-12(2,3)6-4-5-7(9)8(10)11/h4,6-7H,5,9H2,1-3H3,(H2,10,11)/b6-4-/t7-/m0/s1. The quantitative estimate of drug-likeness (QED) is 0.632. The van der Waals surface area contributed by atoms with E-state index in [9.17, 15) is 4.79 Å². The van der Waals surface area contributed by atoms with Crippen LogP contribution in [-0.4, -0.2) is 20.0 Å². The zero-order valence-corrected chi connectivity index (χ0v) is 9.00. The van der Waals surface area contributed by atoms with Gasteiger partial charge in [-0.15, -0.1) is 0 Å². The van der Waals surface area contributed by atoms with Crippen LogP contribution < -0.4 is 11.5 Å². The molecule has 0 spiro atoms. The van der Waals surface area contributed by atoms with E-state index in [0.29, 0.717) is 6.42 Å². The summed E-state index contributed by atoms with van der Waals surface area (Å²) in [6.07, 6.45) is 2.52. The molecule has 4 heteroatoms. The molecule has 0 aliphatic rings. The topological polar surface area (TPSA) is 69.1 Å². The summed E-state index contributed by atoms with van der Waals surface area (Å²) in [6, 6.07) is -0.530. The van der Waals surface area contributed by atoms with E-state index in [-0.39, 0.29) is 0 Å². The maximum Gasteiger partial charge on any atom is 0.234 e. The summed E-state index contributed by atoms with van der Waals surface area (Å²) in [7, 11) is -1.15. The smallest absolute Gasteiger partial charge is 0.234 e. The molecule has 1 atom stereocenters. The minimum absolute atomic E-state index is 0.435. The molecule has 0 heterocycles. The monoisotopic (exact) mass is 186 g/mol. The van der Waals surface area contributed by atoms with Gasteiger partial charge in [-0.1, -0.05) is 31.4 Å². The lowest BCUT2D eigenvalue weighted by Gasteiger charge is -2.09. The Morgan fingerprint density at radius 2 is 2.00 bits per heavy atom. The number of carbonyl (C=O) groups is 1. The van der Waals surface area contributed by atoms with Gasteiger partial charge in [-0.2, -0.15) is 0 Å². The molecule has 0 fully saturated rings. The lowest BCUT2D eigenvalue weighted by Crippen LogP contribution is -2.35. The van der Waals surface area contributed by atoms with Crippen LogP contribution in [0.15, 0.2) is 11.8 Å². The van der Waals surface area contributed by atoms with Crippen LogP contribution >= 0.6 is 0 Å². The van der Waals surface area contributed by atoms with Crippen LogP contribution in [0.1, 0.15) is 6.42 Å². The van der Waals surface area contributed by atoms with Crippen LogP contribution in [0.2, 0.25) is 19.6 Å². The summed E-state index contributed by atoms with van der Waals surface area (Å²) in [6.45, 7) is 6.66. The maximum atomic E-state index is 10.5. The van der Waals surface area contributed by atoms with E-state index in [4.69, 9.17) is 11.5 Å². The van der Waals surface area contributed by atoms with E-state index in [1.165, 1.54) is 0 Å². The normalized spacial score (nSPS) is 15.0. The van der Waals surface area contributed by atoms with Gasteiger partial charge in [0.2, 0.25) is 5.91 Å². The molecular formula is C8H18N2OSi. The third-order valence-corrected chi connectivity index (χ3v) is 2.61. The van der Waals surface area contributed by atoms with E-state index < -0.39 is 20.0 Å². The molecule has 12 heavy (non-hydrogen) atoms. The summed E-state index contributed by atoms with van der Waals surface area (Å²) in [4.78, 5) is 10.5. The maximum absolute atomic E-state index is 10.5. The van der Waals surface area contributed by atoms with Gasteiger partial charge in [0.15, 0.2) is 0 Å². The molecule has 0 unspecified atom stereocenters. The molecule has 0 aromatic heterocycles. The Morgan fingerprint density at radius 1 is 1.50 bits per heavy atom. The Labute approximate surface area is 74.8 Å². The lowest BCUT2D eigenvalue weighted by molar-refractivity contribution is -0.119. The molecule has 1 amide bonds. The summed E-state index contributed by atoms with van der Waals surface area (Å²) in [5.41, 5.74) is 12.6. The van der Waals surface area contributed by atoms with Crippen LogP contribution in [0.25, 0.3) is 0 Å².